The van der Waals surface area contributed by atoms with E-state index >= 15 is 0 Å². The Kier molecular flexibility index (Phi) is 7.53. The van der Waals surface area contributed by atoms with Crippen molar-refractivity contribution in [2.24, 2.45) is 34.5 Å². The molecule has 4 nitrogen and oxygen atoms in total. The van der Waals surface area contributed by atoms with E-state index in [1.54, 1.807) is 5.57 Å². The Morgan fingerprint density at radius 3 is 2.77 bits per heavy atom. The van der Waals surface area contributed by atoms with Crippen molar-refractivity contribution in [1.29, 1.82) is 0 Å². The molecule has 0 aromatic heterocycles. The fourth-order valence-corrected chi connectivity index (χ4v) is 9.25. The fourth-order valence-electron chi connectivity index (χ4n) is 9.25. The van der Waals surface area contributed by atoms with E-state index in [0.29, 0.717) is 22.9 Å². The standard InChI is InChI=1S/C31H48O4/c1-21(8-4-5-9-28(32)33)25-13-14-26-24-12-11-22-20-23(35-29-10-6-7-19-34-29)15-17-30(22,2)27(24)16-18-31(25,26)3/h8,11,23-27,29H,4-7,9-10,12-20H2,1-3H3,(H,32,33)/b21-8+/t23-,24?,25+,26?,27?,29?,30-,31?/m0/s1. The Labute approximate surface area is 212 Å². The number of hydrogen-bond donors (Lipinski definition) is 1. The fraction of sp³-hybridized carbons (Fsp3) is 0.839. The molecule has 1 N–H and O–H groups in total. The number of unbranched alkanes of at least 4 members (excludes halogenated alkanes) is 1. The maximum Gasteiger partial charge on any atom is 0.303 e. The van der Waals surface area contributed by atoms with Gasteiger partial charge in [0, 0.05) is 13.0 Å². The predicted octanol–water partition coefficient (Wildman–Crippen LogP) is 7.68. The summed E-state index contributed by atoms with van der Waals surface area (Å²) in [6.07, 6.45) is 21.0. The van der Waals surface area contributed by atoms with Gasteiger partial charge in [-0.25, -0.2) is 0 Å². The minimum atomic E-state index is -0.677. The molecule has 1 heterocycles. The molecule has 0 bridgehead atoms. The molecule has 4 aliphatic carbocycles. The van der Waals surface area contributed by atoms with Crippen LogP contribution in [0, 0.1) is 34.5 Å². The number of carboxylic acids is 1. The second kappa shape index (κ2) is 10.3. The second-order valence-electron chi connectivity index (χ2n) is 13.0. The van der Waals surface area contributed by atoms with E-state index in [1.807, 2.05) is 0 Å². The summed E-state index contributed by atoms with van der Waals surface area (Å²) in [6.45, 7) is 8.37. The first-order chi connectivity index (χ1) is 16.8. The van der Waals surface area contributed by atoms with Gasteiger partial charge in [-0.15, -0.1) is 0 Å². The van der Waals surface area contributed by atoms with Gasteiger partial charge in [0.2, 0.25) is 0 Å². The van der Waals surface area contributed by atoms with E-state index < -0.39 is 5.97 Å². The molecule has 1 aliphatic heterocycles. The lowest BCUT2D eigenvalue weighted by Gasteiger charge is -2.58. The molecule has 3 saturated carbocycles. The second-order valence-corrected chi connectivity index (χ2v) is 13.0. The molecule has 5 aliphatic rings. The summed E-state index contributed by atoms with van der Waals surface area (Å²) in [5, 5.41) is 8.95. The lowest BCUT2D eigenvalue weighted by atomic mass is 9.47. The zero-order chi connectivity index (χ0) is 24.6. The van der Waals surface area contributed by atoms with Crippen LogP contribution < -0.4 is 0 Å². The molecule has 0 spiro atoms. The van der Waals surface area contributed by atoms with Gasteiger partial charge < -0.3 is 14.6 Å². The first-order valence-corrected chi connectivity index (χ1v) is 14.7. The van der Waals surface area contributed by atoms with Crippen LogP contribution in [0.1, 0.15) is 111 Å². The summed E-state index contributed by atoms with van der Waals surface area (Å²) in [5.41, 5.74) is 3.99. The van der Waals surface area contributed by atoms with Crippen molar-refractivity contribution in [2.75, 3.05) is 6.61 Å². The van der Waals surface area contributed by atoms with Gasteiger partial charge >= 0.3 is 5.97 Å². The highest BCUT2D eigenvalue weighted by Crippen LogP contribution is 2.67. The van der Waals surface area contributed by atoms with Crippen LogP contribution in [0.25, 0.3) is 0 Å². The van der Waals surface area contributed by atoms with Crippen LogP contribution in [-0.4, -0.2) is 30.1 Å². The number of carboxylic acid groups (broad SMARTS) is 1. The SMILES string of the molecule is C/C(=C\CCCC(=O)O)[C@H]1CCC2C3CC=C4C[C@@H](OC5CCCCO5)CC[C@]4(C)C3CCC21C. The van der Waals surface area contributed by atoms with Crippen molar-refractivity contribution in [3.63, 3.8) is 0 Å². The Balaban J connectivity index is 1.25. The van der Waals surface area contributed by atoms with Crippen LogP contribution in [0.15, 0.2) is 23.3 Å². The molecule has 5 rings (SSSR count). The molecule has 196 valence electrons. The van der Waals surface area contributed by atoms with Crippen LogP contribution >= 0.6 is 0 Å². The van der Waals surface area contributed by atoms with Gasteiger partial charge in [-0.3, -0.25) is 4.79 Å². The molecule has 0 aromatic carbocycles. The topological polar surface area (TPSA) is 55.8 Å². The summed E-state index contributed by atoms with van der Waals surface area (Å²) in [4.78, 5) is 10.9. The van der Waals surface area contributed by atoms with E-state index in [0.717, 1.165) is 50.0 Å². The Hall–Kier alpha value is -1.13. The molecule has 1 saturated heterocycles. The van der Waals surface area contributed by atoms with Gasteiger partial charge in [0.1, 0.15) is 0 Å². The summed E-state index contributed by atoms with van der Waals surface area (Å²) in [7, 11) is 0. The quantitative estimate of drug-likeness (QED) is 0.297. The molecular weight excluding hydrogens is 436 g/mol. The minimum Gasteiger partial charge on any atom is -0.481 e. The molecule has 0 amide bonds. The third-order valence-electron chi connectivity index (χ3n) is 11.2. The summed E-state index contributed by atoms with van der Waals surface area (Å²) >= 11 is 0. The van der Waals surface area contributed by atoms with Gasteiger partial charge in [0.05, 0.1) is 6.10 Å². The third-order valence-corrected chi connectivity index (χ3v) is 11.2. The molecule has 5 unspecified atom stereocenters. The molecule has 0 aromatic rings. The zero-order valence-electron chi connectivity index (χ0n) is 22.4. The summed E-state index contributed by atoms with van der Waals surface area (Å²) in [6, 6.07) is 0. The van der Waals surface area contributed by atoms with Crippen molar-refractivity contribution in [3.8, 4) is 0 Å². The highest BCUT2D eigenvalue weighted by Gasteiger charge is 2.58. The molecule has 4 heteroatoms. The van der Waals surface area contributed by atoms with Crippen molar-refractivity contribution in [1.82, 2.24) is 0 Å². The predicted molar refractivity (Wildman–Crippen MR) is 139 cm³/mol. The maximum absolute atomic E-state index is 10.9. The zero-order valence-corrected chi connectivity index (χ0v) is 22.4. The van der Waals surface area contributed by atoms with Gasteiger partial charge in [-0.05, 0) is 125 Å². The van der Waals surface area contributed by atoms with Gasteiger partial charge in [0.15, 0.2) is 6.29 Å². The minimum absolute atomic E-state index is 0.0290. The maximum atomic E-state index is 10.9. The van der Waals surface area contributed by atoms with Crippen LogP contribution in [0.5, 0.6) is 0 Å². The molecule has 0 radical (unpaired) electrons. The van der Waals surface area contributed by atoms with Crippen molar-refractivity contribution in [3.05, 3.63) is 23.3 Å². The molecule has 8 atom stereocenters. The van der Waals surface area contributed by atoms with Crippen LogP contribution in [0.4, 0.5) is 0 Å². The number of fused-ring (bicyclic) bond motifs is 5. The molecule has 35 heavy (non-hydrogen) atoms. The Morgan fingerprint density at radius 2 is 2.00 bits per heavy atom. The van der Waals surface area contributed by atoms with Gasteiger partial charge in [-0.2, -0.15) is 0 Å². The largest absolute Gasteiger partial charge is 0.481 e. The lowest BCUT2D eigenvalue weighted by Crippen LogP contribution is -2.50. The van der Waals surface area contributed by atoms with Gasteiger partial charge in [0.25, 0.3) is 0 Å². The first kappa shape index (κ1) is 25.5. The Morgan fingerprint density at radius 1 is 1.14 bits per heavy atom. The van der Waals surface area contributed by atoms with Gasteiger partial charge in [-0.1, -0.05) is 37.1 Å². The van der Waals surface area contributed by atoms with Crippen LogP contribution in [0.3, 0.4) is 0 Å². The number of aliphatic carboxylic acids is 1. The van der Waals surface area contributed by atoms with Crippen molar-refractivity contribution in [2.45, 2.75) is 123 Å². The molecule has 4 fully saturated rings. The smallest absolute Gasteiger partial charge is 0.303 e. The number of hydrogen-bond acceptors (Lipinski definition) is 3. The van der Waals surface area contributed by atoms with E-state index in [1.165, 1.54) is 63.4 Å². The summed E-state index contributed by atoms with van der Waals surface area (Å²) in [5.74, 6) is 2.48. The number of carbonyl (C=O) groups is 1. The highest BCUT2D eigenvalue weighted by molar-refractivity contribution is 5.66. The number of rotatable bonds is 7. The average molecular weight is 485 g/mol. The molecular formula is C31H48O4. The normalized spacial score (nSPS) is 43.6. The number of allylic oxidation sites excluding steroid dienone is 3. The first-order valence-electron chi connectivity index (χ1n) is 14.7. The van der Waals surface area contributed by atoms with E-state index in [-0.39, 0.29) is 12.7 Å². The van der Waals surface area contributed by atoms with Crippen molar-refractivity contribution < 1.29 is 19.4 Å². The third kappa shape index (κ3) is 4.91. The lowest BCUT2D eigenvalue weighted by molar-refractivity contribution is -0.195. The highest BCUT2D eigenvalue weighted by atomic mass is 16.7. The van der Waals surface area contributed by atoms with Crippen molar-refractivity contribution >= 4 is 5.97 Å². The van der Waals surface area contributed by atoms with E-state index in [9.17, 15) is 4.79 Å². The van der Waals surface area contributed by atoms with E-state index in [4.69, 9.17) is 14.6 Å². The monoisotopic (exact) mass is 484 g/mol. The number of ether oxygens (including phenoxy) is 2. The van der Waals surface area contributed by atoms with Crippen LogP contribution in [-0.2, 0) is 14.3 Å². The van der Waals surface area contributed by atoms with E-state index in [2.05, 4.69) is 32.9 Å². The average Bonchev–Trinajstić information content (AvgIpc) is 3.20. The van der Waals surface area contributed by atoms with Crippen LogP contribution in [0.2, 0.25) is 0 Å². The Bertz CT molecular complexity index is 839. The summed E-state index contributed by atoms with van der Waals surface area (Å²) < 4.78 is 12.3.